The van der Waals surface area contributed by atoms with E-state index in [1.54, 1.807) is 19.2 Å². The zero-order chi connectivity index (χ0) is 19.2. The van der Waals surface area contributed by atoms with Gasteiger partial charge in [-0.25, -0.2) is 0 Å². The van der Waals surface area contributed by atoms with Gasteiger partial charge in [-0.05, 0) is 50.6 Å². The lowest BCUT2D eigenvalue weighted by Gasteiger charge is -2.25. The van der Waals surface area contributed by atoms with Crippen LogP contribution in [0, 0.1) is 5.92 Å². The van der Waals surface area contributed by atoms with Crippen LogP contribution in [0.15, 0.2) is 29.3 Å². The van der Waals surface area contributed by atoms with Crippen LogP contribution in [0.25, 0.3) is 0 Å². The van der Waals surface area contributed by atoms with Gasteiger partial charge in [-0.1, -0.05) is 12.1 Å². The van der Waals surface area contributed by atoms with Crippen molar-refractivity contribution < 1.29 is 17.9 Å². The van der Waals surface area contributed by atoms with E-state index in [1.165, 1.54) is 25.0 Å². The number of alkyl halides is 3. The smallest absolute Gasteiger partial charge is 0.422 e. The van der Waals surface area contributed by atoms with Gasteiger partial charge in [0.2, 0.25) is 0 Å². The van der Waals surface area contributed by atoms with Gasteiger partial charge in [0.05, 0.1) is 0 Å². The number of aliphatic imine (C=N–C) groups is 1. The summed E-state index contributed by atoms with van der Waals surface area (Å²) >= 11 is 0. The molecule has 1 fully saturated rings. The van der Waals surface area contributed by atoms with E-state index < -0.39 is 12.8 Å². The van der Waals surface area contributed by atoms with Crippen molar-refractivity contribution in [2.45, 2.75) is 31.6 Å². The monoisotopic (exact) mass is 372 g/mol. The number of rotatable bonds is 8. The molecule has 26 heavy (non-hydrogen) atoms. The van der Waals surface area contributed by atoms with Gasteiger partial charge in [-0.2, -0.15) is 13.2 Å². The van der Waals surface area contributed by atoms with Crippen LogP contribution in [0.2, 0.25) is 0 Å². The maximum absolute atomic E-state index is 12.1. The number of hydrogen-bond acceptors (Lipinski definition) is 3. The third-order valence-electron chi connectivity index (χ3n) is 4.32. The SMILES string of the molecule is CN=C(NCc1ccc(OCC(F)(F)F)cc1)NCC(C1CC1)N(C)C. The average molecular weight is 372 g/mol. The number of likely N-dealkylation sites (N-methyl/N-ethyl adjacent to an activating group) is 1. The first-order valence-electron chi connectivity index (χ1n) is 8.68. The molecule has 1 aromatic carbocycles. The zero-order valence-electron chi connectivity index (χ0n) is 15.4. The number of halogens is 3. The highest BCUT2D eigenvalue weighted by atomic mass is 19.4. The van der Waals surface area contributed by atoms with Crippen molar-refractivity contribution in [3.8, 4) is 5.75 Å². The van der Waals surface area contributed by atoms with Gasteiger partial charge >= 0.3 is 6.18 Å². The molecule has 0 heterocycles. The molecule has 0 aliphatic heterocycles. The third kappa shape index (κ3) is 7.11. The van der Waals surface area contributed by atoms with E-state index in [1.807, 2.05) is 0 Å². The maximum Gasteiger partial charge on any atom is 0.422 e. The van der Waals surface area contributed by atoms with Gasteiger partial charge in [0.1, 0.15) is 5.75 Å². The molecule has 1 saturated carbocycles. The molecule has 2 N–H and O–H groups in total. The topological polar surface area (TPSA) is 48.9 Å². The van der Waals surface area contributed by atoms with Crippen molar-refractivity contribution in [2.24, 2.45) is 10.9 Å². The van der Waals surface area contributed by atoms with E-state index >= 15 is 0 Å². The summed E-state index contributed by atoms with van der Waals surface area (Å²) in [5.41, 5.74) is 0.929. The summed E-state index contributed by atoms with van der Waals surface area (Å²) in [5, 5.41) is 6.55. The Kier molecular flexibility index (Phi) is 7.14. The second-order valence-electron chi connectivity index (χ2n) is 6.72. The lowest BCUT2D eigenvalue weighted by Crippen LogP contribution is -2.45. The minimum absolute atomic E-state index is 0.201. The highest BCUT2D eigenvalue weighted by Gasteiger charge is 2.32. The van der Waals surface area contributed by atoms with E-state index in [4.69, 9.17) is 4.74 Å². The van der Waals surface area contributed by atoms with Gasteiger partial charge in [0.25, 0.3) is 0 Å². The summed E-state index contributed by atoms with van der Waals surface area (Å²) in [6, 6.07) is 7.03. The molecular weight excluding hydrogens is 345 g/mol. The molecule has 1 unspecified atom stereocenters. The zero-order valence-corrected chi connectivity index (χ0v) is 15.4. The standard InChI is InChI=1S/C18H27F3N4O/c1-22-17(24-11-16(25(2)3)14-6-7-14)23-10-13-4-8-15(9-5-13)26-12-18(19,20)21/h4-5,8-9,14,16H,6-7,10-12H2,1-3H3,(H2,22,23,24). The molecule has 0 spiro atoms. The largest absolute Gasteiger partial charge is 0.484 e. The highest BCUT2D eigenvalue weighted by molar-refractivity contribution is 5.79. The lowest BCUT2D eigenvalue weighted by atomic mass is 10.1. The summed E-state index contributed by atoms with van der Waals surface area (Å²) in [6.45, 7) is 0.0615. The van der Waals surface area contributed by atoms with Crippen molar-refractivity contribution >= 4 is 5.96 Å². The minimum Gasteiger partial charge on any atom is -0.484 e. The van der Waals surface area contributed by atoms with E-state index in [2.05, 4.69) is 34.6 Å². The molecular formula is C18H27F3N4O. The Morgan fingerprint density at radius 1 is 1.23 bits per heavy atom. The van der Waals surface area contributed by atoms with Crippen LogP contribution >= 0.6 is 0 Å². The number of ether oxygens (including phenoxy) is 1. The van der Waals surface area contributed by atoms with E-state index in [9.17, 15) is 13.2 Å². The van der Waals surface area contributed by atoms with Crippen LogP contribution in [0.5, 0.6) is 5.75 Å². The quantitative estimate of drug-likeness (QED) is 0.544. The van der Waals surface area contributed by atoms with Gasteiger partial charge in [-0.15, -0.1) is 0 Å². The average Bonchev–Trinajstić information content (AvgIpc) is 3.41. The van der Waals surface area contributed by atoms with Crippen molar-refractivity contribution in [3.63, 3.8) is 0 Å². The molecule has 146 valence electrons. The fourth-order valence-corrected chi connectivity index (χ4v) is 2.73. The van der Waals surface area contributed by atoms with Crippen molar-refractivity contribution in [1.82, 2.24) is 15.5 Å². The Morgan fingerprint density at radius 3 is 2.38 bits per heavy atom. The molecule has 0 radical (unpaired) electrons. The summed E-state index contributed by atoms with van der Waals surface area (Å²) in [5.74, 6) is 1.65. The van der Waals surface area contributed by atoms with Gasteiger partial charge in [0, 0.05) is 26.2 Å². The molecule has 1 aliphatic carbocycles. The van der Waals surface area contributed by atoms with Gasteiger partial charge in [-0.3, -0.25) is 4.99 Å². The Balaban J connectivity index is 1.77. The summed E-state index contributed by atoms with van der Waals surface area (Å²) in [7, 11) is 5.89. The molecule has 0 bridgehead atoms. The van der Waals surface area contributed by atoms with Crippen LogP contribution in [-0.2, 0) is 6.54 Å². The Bertz CT molecular complexity index is 581. The lowest BCUT2D eigenvalue weighted by molar-refractivity contribution is -0.153. The normalized spacial score (nSPS) is 16.5. The van der Waals surface area contributed by atoms with Crippen LogP contribution in [0.4, 0.5) is 13.2 Å². The molecule has 1 aromatic rings. The number of nitrogens with zero attached hydrogens (tertiary/aromatic N) is 2. The van der Waals surface area contributed by atoms with Crippen molar-refractivity contribution in [1.29, 1.82) is 0 Å². The summed E-state index contributed by atoms with van der Waals surface area (Å²) in [4.78, 5) is 6.45. The second-order valence-corrected chi connectivity index (χ2v) is 6.72. The first kappa shape index (κ1) is 20.4. The Labute approximate surface area is 152 Å². The number of hydrogen-bond donors (Lipinski definition) is 2. The molecule has 0 aromatic heterocycles. The van der Waals surface area contributed by atoms with E-state index in [-0.39, 0.29) is 5.75 Å². The summed E-state index contributed by atoms with van der Waals surface area (Å²) in [6.07, 6.45) is -1.78. The third-order valence-corrected chi connectivity index (χ3v) is 4.32. The van der Waals surface area contributed by atoms with Crippen LogP contribution < -0.4 is 15.4 Å². The number of guanidine groups is 1. The molecule has 8 heteroatoms. The molecule has 5 nitrogen and oxygen atoms in total. The molecule has 1 aliphatic rings. The molecule has 1 atom stereocenters. The first-order chi connectivity index (χ1) is 12.3. The summed E-state index contributed by atoms with van der Waals surface area (Å²) < 4.78 is 41.1. The molecule has 0 amide bonds. The molecule has 2 rings (SSSR count). The fraction of sp³-hybridized carbons (Fsp3) is 0.611. The van der Waals surface area contributed by atoms with Crippen LogP contribution in [0.3, 0.4) is 0 Å². The fourth-order valence-electron chi connectivity index (χ4n) is 2.73. The predicted octanol–water partition coefficient (Wildman–Crippen LogP) is 2.63. The van der Waals surface area contributed by atoms with Crippen molar-refractivity contribution in [3.05, 3.63) is 29.8 Å². The Hall–Kier alpha value is -1.96. The Morgan fingerprint density at radius 2 is 1.88 bits per heavy atom. The van der Waals surface area contributed by atoms with Crippen LogP contribution in [-0.4, -0.2) is 57.4 Å². The van der Waals surface area contributed by atoms with Gasteiger partial charge < -0.3 is 20.3 Å². The number of nitrogens with one attached hydrogen (secondary N) is 2. The maximum atomic E-state index is 12.1. The van der Waals surface area contributed by atoms with E-state index in [0.29, 0.717) is 18.5 Å². The van der Waals surface area contributed by atoms with Crippen LogP contribution in [0.1, 0.15) is 18.4 Å². The van der Waals surface area contributed by atoms with Gasteiger partial charge in [0.15, 0.2) is 12.6 Å². The second kappa shape index (κ2) is 9.12. The molecule has 0 saturated heterocycles. The predicted molar refractivity (Wildman–Crippen MR) is 96.4 cm³/mol. The number of benzene rings is 1. The first-order valence-corrected chi connectivity index (χ1v) is 8.68. The van der Waals surface area contributed by atoms with Crippen molar-refractivity contribution in [2.75, 3.05) is 34.3 Å². The van der Waals surface area contributed by atoms with E-state index in [0.717, 1.165) is 18.0 Å². The minimum atomic E-state index is -4.33. The highest BCUT2D eigenvalue weighted by Crippen LogP contribution is 2.34.